The van der Waals surface area contributed by atoms with Crippen LogP contribution in [-0.4, -0.2) is 50.9 Å². The molecule has 1 aliphatic carbocycles. The van der Waals surface area contributed by atoms with Crippen molar-refractivity contribution in [3.8, 4) is 11.3 Å². The Kier molecular flexibility index (Phi) is 4.55. The largest absolute Gasteiger partial charge is 0.330 e. The van der Waals surface area contributed by atoms with Gasteiger partial charge in [0.05, 0.1) is 17.9 Å². The monoisotopic (exact) mass is 372 g/mol. The van der Waals surface area contributed by atoms with E-state index >= 15 is 0 Å². The fraction of sp³-hybridized carbons (Fsp3) is 0.368. The molecule has 0 bridgehead atoms. The zero-order valence-electron chi connectivity index (χ0n) is 14.6. The minimum atomic E-state index is -0.690. The Balaban J connectivity index is 1.44. The zero-order chi connectivity index (χ0) is 19.0. The number of amides is 2. The Morgan fingerprint density at radius 2 is 1.70 bits per heavy atom. The smallest absolute Gasteiger partial charge is 0.312 e. The molecule has 2 amide bonds. The summed E-state index contributed by atoms with van der Waals surface area (Å²) in [6.07, 6.45) is 3.03. The standard InChI is InChI=1S/C19H18F2N4O2/c20-13-8-12(9-14(21)10-13)17-5-4-15(22-23-17)11-24-6-7-25(16-2-1-3-16)19(27)18(24)26/h4-5,8-10,16H,1-3,6-7,11H2. The van der Waals surface area contributed by atoms with Gasteiger partial charge in [0.25, 0.3) is 0 Å². The lowest BCUT2D eigenvalue weighted by Crippen LogP contribution is -2.58. The molecule has 1 aromatic heterocycles. The molecule has 2 aliphatic rings. The third-order valence-electron chi connectivity index (χ3n) is 5.09. The molecule has 0 atom stereocenters. The van der Waals surface area contributed by atoms with Crippen molar-refractivity contribution in [3.05, 3.63) is 47.7 Å². The maximum absolute atomic E-state index is 13.3. The first-order valence-corrected chi connectivity index (χ1v) is 8.90. The van der Waals surface area contributed by atoms with Crippen LogP contribution < -0.4 is 0 Å². The van der Waals surface area contributed by atoms with Gasteiger partial charge in [-0.2, -0.15) is 10.2 Å². The molecule has 1 aromatic carbocycles. The molecule has 6 nitrogen and oxygen atoms in total. The summed E-state index contributed by atoms with van der Waals surface area (Å²) < 4.78 is 26.7. The molecule has 0 N–H and O–H groups in total. The van der Waals surface area contributed by atoms with E-state index in [0.29, 0.717) is 24.5 Å². The quantitative estimate of drug-likeness (QED) is 0.772. The Morgan fingerprint density at radius 3 is 2.30 bits per heavy atom. The van der Waals surface area contributed by atoms with E-state index in [4.69, 9.17) is 0 Å². The van der Waals surface area contributed by atoms with Crippen LogP contribution >= 0.6 is 0 Å². The highest BCUT2D eigenvalue weighted by Gasteiger charge is 2.38. The molecule has 27 heavy (non-hydrogen) atoms. The Hall–Kier alpha value is -2.90. The minimum Gasteiger partial charge on any atom is -0.330 e. The average Bonchev–Trinajstić information content (AvgIpc) is 2.59. The van der Waals surface area contributed by atoms with Gasteiger partial charge in [0.1, 0.15) is 11.6 Å². The second kappa shape index (κ2) is 7.02. The van der Waals surface area contributed by atoms with Crippen LogP contribution in [0.3, 0.4) is 0 Å². The fourth-order valence-corrected chi connectivity index (χ4v) is 3.38. The first kappa shape index (κ1) is 17.5. The number of hydrogen-bond donors (Lipinski definition) is 0. The van der Waals surface area contributed by atoms with E-state index in [1.54, 1.807) is 17.0 Å². The molecule has 4 rings (SSSR count). The SMILES string of the molecule is O=C1C(=O)N(C2CCC2)CCN1Cc1ccc(-c2cc(F)cc(F)c2)nn1. The molecule has 0 radical (unpaired) electrons. The van der Waals surface area contributed by atoms with Crippen molar-refractivity contribution in [2.75, 3.05) is 13.1 Å². The molecular weight excluding hydrogens is 354 g/mol. The van der Waals surface area contributed by atoms with Gasteiger partial charge in [0.15, 0.2) is 0 Å². The van der Waals surface area contributed by atoms with Gasteiger partial charge in [-0.05, 0) is 43.5 Å². The number of nitrogens with zero attached hydrogens (tertiary/aromatic N) is 4. The number of aromatic nitrogens is 2. The van der Waals surface area contributed by atoms with E-state index in [1.807, 2.05) is 0 Å². The van der Waals surface area contributed by atoms with Crippen LogP contribution in [-0.2, 0) is 16.1 Å². The van der Waals surface area contributed by atoms with Crippen LogP contribution in [0.4, 0.5) is 8.78 Å². The summed E-state index contributed by atoms with van der Waals surface area (Å²) in [6.45, 7) is 1.16. The van der Waals surface area contributed by atoms with E-state index in [9.17, 15) is 18.4 Å². The second-order valence-electron chi connectivity index (χ2n) is 6.88. The molecule has 2 heterocycles. The van der Waals surface area contributed by atoms with Gasteiger partial charge in [-0.15, -0.1) is 0 Å². The normalized spacial score (nSPS) is 18.0. The lowest BCUT2D eigenvalue weighted by molar-refractivity contribution is -0.159. The molecule has 1 saturated carbocycles. The summed E-state index contributed by atoms with van der Waals surface area (Å²) in [7, 11) is 0. The number of piperazine rings is 1. The summed E-state index contributed by atoms with van der Waals surface area (Å²) in [5.41, 5.74) is 1.12. The average molecular weight is 372 g/mol. The van der Waals surface area contributed by atoms with Crippen LogP contribution in [0.5, 0.6) is 0 Å². The number of hydrogen-bond acceptors (Lipinski definition) is 4. The van der Waals surface area contributed by atoms with Crippen LogP contribution in [0.1, 0.15) is 25.0 Å². The summed E-state index contributed by atoms with van der Waals surface area (Å²) in [4.78, 5) is 27.8. The van der Waals surface area contributed by atoms with E-state index in [0.717, 1.165) is 25.3 Å². The number of benzene rings is 1. The number of halogens is 2. The van der Waals surface area contributed by atoms with Crippen molar-refractivity contribution in [2.24, 2.45) is 0 Å². The highest BCUT2D eigenvalue weighted by molar-refractivity contribution is 6.35. The first-order valence-electron chi connectivity index (χ1n) is 8.90. The predicted molar refractivity (Wildman–Crippen MR) is 92.2 cm³/mol. The molecule has 1 saturated heterocycles. The van der Waals surface area contributed by atoms with Crippen molar-refractivity contribution in [2.45, 2.75) is 31.8 Å². The first-order chi connectivity index (χ1) is 13.0. The van der Waals surface area contributed by atoms with E-state index in [2.05, 4.69) is 10.2 Å². The topological polar surface area (TPSA) is 66.4 Å². The van der Waals surface area contributed by atoms with Crippen LogP contribution in [0.25, 0.3) is 11.3 Å². The maximum Gasteiger partial charge on any atom is 0.312 e. The van der Waals surface area contributed by atoms with E-state index in [-0.39, 0.29) is 18.2 Å². The van der Waals surface area contributed by atoms with Gasteiger partial charge in [0, 0.05) is 30.8 Å². The molecular formula is C19H18F2N4O2. The second-order valence-corrected chi connectivity index (χ2v) is 6.88. The van der Waals surface area contributed by atoms with Gasteiger partial charge in [-0.3, -0.25) is 9.59 Å². The lowest BCUT2D eigenvalue weighted by Gasteiger charge is -2.42. The highest BCUT2D eigenvalue weighted by atomic mass is 19.1. The highest BCUT2D eigenvalue weighted by Crippen LogP contribution is 2.26. The van der Waals surface area contributed by atoms with E-state index in [1.165, 1.54) is 17.0 Å². The van der Waals surface area contributed by atoms with Crippen LogP contribution in [0, 0.1) is 11.6 Å². The summed E-state index contributed by atoms with van der Waals surface area (Å²) in [5.74, 6) is -2.36. The summed E-state index contributed by atoms with van der Waals surface area (Å²) >= 11 is 0. The maximum atomic E-state index is 13.3. The number of carbonyl (C=O) groups is 2. The van der Waals surface area contributed by atoms with Gasteiger partial charge in [-0.1, -0.05) is 0 Å². The lowest BCUT2D eigenvalue weighted by atomic mass is 9.91. The minimum absolute atomic E-state index is 0.174. The summed E-state index contributed by atoms with van der Waals surface area (Å²) in [5, 5.41) is 8.03. The molecule has 1 aliphatic heterocycles. The van der Waals surface area contributed by atoms with Crippen LogP contribution in [0.2, 0.25) is 0 Å². The Bertz CT molecular complexity index is 864. The Morgan fingerprint density at radius 1 is 0.963 bits per heavy atom. The van der Waals surface area contributed by atoms with Crippen molar-refractivity contribution in [1.29, 1.82) is 0 Å². The van der Waals surface area contributed by atoms with Crippen molar-refractivity contribution in [3.63, 3.8) is 0 Å². The molecule has 0 spiro atoms. The molecule has 140 valence electrons. The van der Waals surface area contributed by atoms with Crippen molar-refractivity contribution < 1.29 is 18.4 Å². The Labute approximate surface area is 154 Å². The van der Waals surface area contributed by atoms with Gasteiger partial charge in [0.2, 0.25) is 0 Å². The molecule has 0 unspecified atom stereocenters. The van der Waals surface area contributed by atoms with Crippen LogP contribution in [0.15, 0.2) is 30.3 Å². The molecule has 8 heteroatoms. The van der Waals surface area contributed by atoms with Crippen molar-refractivity contribution >= 4 is 11.8 Å². The zero-order valence-corrected chi connectivity index (χ0v) is 14.6. The number of carbonyl (C=O) groups excluding carboxylic acids is 2. The third-order valence-corrected chi connectivity index (χ3v) is 5.09. The predicted octanol–water partition coefficient (Wildman–Crippen LogP) is 2.15. The third kappa shape index (κ3) is 3.51. The van der Waals surface area contributed by atoms with Crippen molar-refractivity contribution in [1.82, 2.24) is 20.0 Å². The van der Waals surface area contributed by atoms with Gasteiger partial charge < -0.3 is 9.80 Å². The summed E-state index contributed by atoms with van der Waals surface area (Å²) in [6, 6.07) is 6.57. The fourth-order valence-electron chi connectivity index (χ4n) is 3.38. The number of rotatable bonds is 4. The van der Waals surface area contributed by atoms with Gasteiger partial charge >= 0.3 is 11.8 Å². The molecule has 2 fully saturated rings. The van der Waals surface area contributed by atoms with Gasteiger partial charge in [-0.25, -0.2) is 8.78 Å². The van der Waals surface area contributed by atoms with E-state index < -0.39 is 23.4 Å². The molecule has 2 aromatic rings.